The van der Waals surface area contributed by atoms with Crippen molar-refractivity contribution in [3.8, 4) is 5.69 Å². The van der Waals surface area contributed by atoms with Crippen LogP contribution in [0.3, 0.4) is 0 Å². The van der Waals surface area contributed by atoms with Gasteiger partial charge >= 0.3 is 5.69 Å². The predicted octanol–water partition coefficient (Wildman–Crippen LogP) is 2.52. The number of benzene rings is 1. The summed E-state index contributed by atoms with van der Waals surface area (Å²) in [7, 11) is 0. The van der Waals surface area contributed by atoms with Crippen LogP contribution in [-0.2, 0) is 0 Å². The third-order valence-electron chi connectivity index (χ3n) is 4.52. The van der Waals surface area contributed by atoms with Crippen molar-refractivity contribution in [2.45, 2.75) is 18.4 Å². The summed E-state index contributed by atoms with van der Waals surface area (Å²) >= 11 is 3.34. The minimum Gasteiger partial charge on any atom is -0.382 e. The van der Waals surface area contributed by atoms with E-state index in [1.54, 1.807) is 24.3 Å². The number of imidazole rings is 1. The molecule has 1 atom stereocenters. The standard InChI is InChI=1S/C16H15BrF2N6O.ClH/c17-9-1-3-10(4-2-9)24-12-13(20)22-8-23-14(12)25(15(24)26)11-5-6-21-7-16(11,18)19;/h1-4,8,11,21H,5-7H2,(H2,20,22,23);1H/t11-;/m0./s1. The Morgan fingerprint density at radius 2 is 1.96 bits per heavy atom. The maximum absolute atomic E-state index is 14.5. The van der Waals surface area contributed by atoms with E-state index in [-0.39, 0.29) is 35.8 Å². The van der Waals surface area contributed by atoms with Crippen LogP contribution in [0.4, 0.5) is 14.6 Å². The number of hydrogen-bond acceptors (Lipinski definition) is 5. The van der Waals surface area contributed by atoms with Crippen LogP contribution < -0.4 is 16.7 Å². The molecule has 1 aliphatic rings. The van der Waals surface area contributed by atoms with E-state index in [4.69, 9.17) is 5.73 Å². The van der Waals surface area contributed by atoms with E-state index >= 15 is 0 Å². The lowest BCUT2D eigenvalue weighted by Gasteiger charge is -2.32. The Hall–Kier alpha value is -2.04. The van der Waals surface area contributed by atoms with E-state index < -0.39 is 24.2 Å². The van der Waals surface area contributed by atoms with Crippen LogP contribution in [-0.4, -0.2) is 38.1 Å². The SMILES string of the molecule is Cl.Nc1ncnc2c1n(-c1ccc(Br)cc1)c(=O)n2[C@H]1CCNCC1(F)F. The summed E-state index contributed by atoms with van der Waals surface area (Å²) in [5.41, 5.74) is 6.20. The highest BCUT2D eigenvalue weighted by Crippen LogP contribution is 2.35. The maximum Gasteiger partial charge on any atom is 0.335 e. The first-order valence-corrected chi connectivity index (χ1v) is 8.77. The highest BCUT2D eigenvalue weighted by molar-refractivity contribution is 9.10. The number of piperidine rings is 1. The molecule has 0 spiro atoms. The summed E-state index contributed by atoms with van der Waals surface area (Å²) in [6, 6.07) is 5.60. The van der Waals surface area contributed by atoms with Gasteiger partial charge in [-0.1, -0.05) is 15.9 Å². The van der Waals surface area contributed by atoms with Crippen molar-refractivity contribution in [3.05, 3.63) is 45.5 Å². The first-order valence-electron chi connectivity index (χ1n) is 7.98. The number of halogens is 4. The Labute approximate surface area is 167 Å². The molecule has 0 saturated carbocycles. The monoisotopic (exact) mass is 460 g/mol. The molecule has 1 aliphatic heterocycles. The van der Waals surface area contributed by atoms with Gasteiger partial charge in [-0.2, -0.15) is 0 Å². The van der Waals surface area contributed by atoms with Crippen LogP contribution in [0.2, 0.25) is 0 Å². The topological polar surface area (TPSA) is 90.8 Å². The Morgan fingerprint density at radius 3 is 2.63 bits per heavy atom. The summed E-state index contributed by atoms with van der Waals surface area (Å²) in [6.45, 7) is -0.103. The van der Waals surface area contributed by atoms with Crippen molar-refractivity contribution in [2.75, 3.05) is 18.8 Å². The Bertz CT molecular complexity index is 1040. The van der Waals surface area contributed by atoms with Crippen LogP contribution in [0.5, 0.6) is 0 Å². The lowest BCUT2D eigenvalue weighted by atomic mass is 10.0. The third-order valence-corrected chi connectivity index (χ3v) is 5.05. The van der Waals surface area contributed by atoms with Crippen molar-refractivity contribution >= 4 is 45.3 Å². The average Bonchev–Trinajstić information content (AvgIpc) is 2.89. The Balaban J connectivity index is 0.00000210. The van der Waals surface area contributed by atoms with Crippen LogP contribution in [0.1, 0.15) is 12.5 Å². The molecule has 1 aromatic carbocycles. The first kappa shape index (κ1) is 19.7. The van der Waals surface area contributed by atoms with E-state index in [1.807, 2.05) is 0 Å². The molecular weight excluding hydrogens is 446 g/mol. The molecule has 0 amide bonds. The van der Waals surface area contributed by atoms with Crippen LogP contribution in [0.15, 0.2) is 39.9 Å². The van der Waals surface area contributed by atoms with Crippen molar-refractivity contribution < 1.29 is 8.78 Å². The second kappa shape index (κ2) is 7.17. The average molecular weight is 462 g/mol. The van der Waals surface area contributed by atoms with E-state index in [0.717, 1.165) is 9.04 Å². The molecule has 144 valence electrons. The van der Waals surface area contributed by atoms with Crippen molar-refractivity contribution in [1.29, 1.82) is 0 Å². The molecule has 0 radical (unpaired) electrons. The van der Waals surface area contributed by atoms with Crippen molar-refractivity contribution in [3.63, 3.8) is 0 Å². The summed E-state index contributed by atoms with van der Waals surface area (Å²) < 4.78 is 32.2. The lowest BCUT2D eigenvalue weighted by molar-refractivity contribution is -0.0658. The smallest absolute Gasteiger partial charge is 0.335 e. The zero-order valence-corrected chi connectivity index (χ0v) is 16.3. The number of nitrogens with one attached hydrogen (secondary N) is 1. The first-order chi connectivity index (χ1) is 12.4. The van der Waals surface area contributed by atoms with Gasteiger partial charge < -0.3 is 11.1 Å². The van der Waals surface area contributed by atoms with Gasteiger partial charge in [0.05, 0.1) is 12.2 Å². The minimum absolute atomic E-state index is 0. The number of rotatable bonds is 2. The number of nitrogens with two attached hydrogens (primary N) is 1. The molecule has 1 saturated heterocycles. The number of aromatic nitrogens is 4. The molecule has 3 heterocycles. The number of hydrogen-bond donors (Lipinski definition) is 2. The number of nitrogen functional groups attached to an aromatic ring is 1. The highest BCUT2D eigenvalue weighted by Gasteiger charge is 2.45. The zero-order chi connectivity index (χ0) is 18.5. The molecular formula is C16H16BrClF2N6O. The van der Waals surface area contributed by atoms with Gasteiger partial charge in [-0.15, -0.1) is 12.4 Å². The second-order valence-corrected chi connectivity index (χ2v) is 7.05. The number of anilines is 1. The molecule has 1 fully saturated rings. The highest BCUT2D eigenvalue weighted by atomic mass is 79.9. The maximum atomic E-state index is 14.5. The van der Waals surface area contributed by atoms with Crippen molar-refractivity contribution in [2.24, 2.45) is 0 Å². The number of fused-ring (bicyclic) bond motifs is 1. The largest absolute Gasteiger partial charge is 0.382 e. The fourth-order valence-corrected chi connectivity index (χ4v) is 3.58. The third kappa shape index (κ3) is 3.21. The predicted molar refractivity (Wildman–Crippen MR) is 104 cm³/mol. The van der Waals surface area contributed by atoms with Gasteiger partial charge in [0.1, 0.15) is 17.9 Å². The summed E-state index contributed by atoms with van der Waals surface area (Å²) in [5, 5.41) is 2.66. The van der Waals surface area contributed by atoms with Gasteiger partial charge in [-0.25, -0.2) is 23.5 Å². The van der Waals surface area contributed by atoms with Crippen LogP contribution in [0.25, 0.3) is 16.9 Å². The summed E-state index contributed by atoms with van der Waals surface area (Å²) in [5.74, 6) is -3.02. The molecule has 27 heavy (non-hydrogen) atoms. The minimum atomic E-state index is -3.08. The van der Waals surface area contributed by atoms with Gasteiger partial charge in [0.25, 0.3) is 5.92 Å². The molecule has 3 N–H and O–H groups in total. The number of nitrogens with zero attached hydrogens (tertiary/aromatic N) is 4. The van der Waals surface area contributed by atoms with Gasteiger partial charge in [0, 0.05) is 4.47 Å². The molecule has 2 aromatic heterocycles. The van der Waals surface area contributed by atoms with Gasteiger partial charge in [-0.05, 0) is 37.2 Å². The lowest BCUT2D eigenvalue weighted by Crippen LogP contribution is -2.49. The normalized spacial score (nSPS) is 19.0. The molecule has 7 nitrogen and oxygen atoms in total. The molecule has 4 rings (SSSR count). The van der Waals surface area contributed by atoms with Gasteiger partial charge in [-0.3, -0.25) is 9.13 Å². The Morgan fingerprint density at radius 1 is 1.26 bits per heavy atom. The van der Waals surface area contributed by atoms with E-state index in [2.05, 4.69) is 31.2 Å². The molecule has 0 unspecified atom stereocenters. The molecule has 11 heteroatoms. The van der Waals surface area contributed by atoms with Crippen LogP contribution in [0, 0.1) is 0 Å². The van der Waals surface area contributed by atoms with E-state index in [9.17, 15) is 13.6 Å². The van der Waals surface area contributed by atoms with Gasteiger partial charge in [0.15, 0.2) is 11.5 Å². The summed E-state index contributed by atoms with van der Waals surface area (Å²) in [4.78, 5) is 21.2. The number of alkyl halides is 2. The second-order valence-electron chi connectivity index (χ2n) is 6.14. The molecule has 0 bridgehead atoms. The van der Waals surface area contributed by atoms with Crippen molar-refractivity contribution in [1.82, 2.24) is 24.4 Å². The van der Waals surface area contributed by atoms with E-state index in [1.165, 1.54) is 10.9 Å². The zero-order valence-electron chi connectivity index (χ0n) is 13.9. The quantitative estimate of drug-likeness (QED) is 0.612. The molecule has 0 aliphatic carbocycles. The Kier molecular flexibility index (Phi) is 5.24. The van der Waals surface area contributed by atoms with E-state index in [0.29, 0.717) is 12.2 Å². The van der Waals surface area contributed by atoms with Gasteiger partial charge in [0.2, 0.25) is 0 Å². The molecule has 3 aromatic rings. The van der Waals surface area contributed by atoms with Crippen LogP contribution >= 0.6 is 28.3 Å². The summed E-state index contributed by atoms with van der Waals surface area (Å²) in [6.07, 6.45) is 1.29. The fraction of sp³-hybridized carbons (Fsp3) is 0.312. The fourth-order valence-electron chi connectivity index (χ4n) is 3.32.